The first-order valence-corrected chi connectivity index (χ1v) is 36.1. The minimum atomic E-state index is -0.456. The average molecular weight is 1530 g/mol. The van der Waals surface area contributed by atoms with Crippen molar-refractivity contribution in [1.29, 1.82) is 0 Å². The summed E-state index contributed by atoms with van der Waals surface area (Å²) in [6.45, 7) is 42.6. The highest BCUT2D eigenvalue weighted by atomic mass is 16.5. The minimum absolute atomic E-state index is 0.163. The number of pyridine rings is 7. The fraction of sp³-hybridized carbons (Fsp3) is 0.106. The van der Waals surface area contributed by atoms with E-state index in [4.69, 9.17) is 4.74 Å². The van der Waals surface area contributed by atoms with Gasteiger partial charge in [-0.05, 0) is 191 Å². The summed E-state index contributed by atoms with van der Waals surface area (Å²) >= 11 is 0. The van der Waals surface area contributed by atoms with Crippen molar-refractivity contribution in [1.82, 2.24) is 34.9 Å². The second kappa shape index (κ2) is 41.1. The van der Waals surface area contributed by atoms with Crippen LogP contribution in [0.15, 0.2) is 322 Å². The number of fused-ring (bicyclic) bond motifs is 7. The molecule has 0 saturated heterocycles. The van der Waals surface area contributed by atoms with Crippen LogP contribution in [0, 0.1) is 20.8 Å². The van der Waals surface area contributed by atoms with Gasteiger partial charge in [-0.25, -0.2) is 9.78 Å². The van der Waals surface area contributed by atoms with E-state index in [0.717, 1.165) is 122 Å². The molecular formula is C94H89N13O8. The Hall–Kier alpha value is -15.1. The number of nitrogens with zero attached hydrogens (tertiary/aromatic N) is 7. The van der Waals surface area contributed by atoms with E-state index in [1.165, 1.54) is 0 Å². The smallest absolute Gasteiger partial charge is 0.339 e. The second-order valence-electron chi connectivity index (χ2n) is 26.6. The number of rotatable bonds is 14. The van der Waals surface area contributed by atoms with Crippen LogP contribution in [0.3, 0.4) is 0 Å². The van der Waals surface area contributed by atoms with Gasteiger partial charge in [-0.15, -0.1) is 0 Å². The quantitative estimate of drug-likeness (QED) is 0.0436. The monoisotopic (exact) mass is 1530 g/mol. The van der Waals surface area contributed by atoms with Gasteiger partial charge in [-0.3, -0.25) is 58.7 Å². The summed E-state index contributed by atoms with van der Waals surface area (Å²) in [7, 11) is 0. The molecule has 21 heteroatoms. The van der Waals surface area contributed by atoms with Crippen LogP contribution in [0.2, 0.25) is 0 Å². The molecule has 14 aromatic rings. The third kappa shape index (κ3) is 25.5. The van der Waals surface area contributed by atoms with Crippen molar-refractivity contribution in [3.63, 3.8) is 0 Å². The molecule has 0 radical (unpaired) electrons. The molecule has 0 unspecified atom stereocenters. The first-order valence-electron chi connectivity index (χ1n) is 36.1. The Bertz CT molecular complexity index is 5890. The fourth-order valence-corrected chi connectivity index (χ4v) is 10.3. The summed E-state index contributed by atoms with van der Waals surface area (Å²) in [6.07, 6.45) is 5.18. The highest BCUT2D eigenvalue weighted by Crippen LogP contribution is 2.28. The number of hydrogen-bond donors (Lipinski definition) is 6. The predicted octanol–water partition coefficient (Wildman–Crippen LogP) is 20.1. The number of anilines is 6. The maximum atomic E-state index is 11.6. The van der Waals surface area contributed by atoms with Crippen LogP contribution in [0.25, 0.3) is 76.3 Å². The first kappa shape index (κ1) is 85.5. The van der Waals surface area contributed by atoms with Crippen molar-refractivity contribution in [2.75, 3.05) is 31.9 Å². The summed E-state index contributed by atoms with van der Waals surface area (Å²) in [5.74, 6) is -1.18. The molecule has 578 valence electrons. The third-order valence-corrected chi connectivity index (χ3v) is 16.4. The van der Waals surface area contributed by atoms with Gasteiger partial charge in [-0.2, -0.15) is 0 Å². The van der Waals surface area contributed by atoms with Gasteiger partial charge in [0.25, 0.3) is 35.4 Å². The van der Waals surface area contributed by atoms with Crippen LogP contribution in [0.4, 0.5) is 34.1 Å². The van der Waals surface area contributed by atoms with Crippen LogP contribution in [0.1, 0.15) is 65.5 Å². The van der Waals surface area contributed by atoms with E-state index in [1.807, 2.05) is 233 Å². The highest BCUT2D eigenvalue weighted by Gasteiger charge is 2.13. The molecule has 6 N–H and O–H groups in total. The number of carbonyl (C=O) groups excluding carboxylic acids is 7. The Morgan fingerprint density at radius 2 is 0.661 bits per heavy atom. The molecule has 0 aliphatic heterocycles. The molecule has 0 aliphatic carbocycles. The molecule has 7 heterocycles. The Kier molecular flexibility index (Phi) is 30.5. The van der Waals surface area contributed by atoms with E-state index >= 15 is 0 Å². The van der Waals surface area contributed by atoms with Gasteiger partial charge in [0.1, 0.15) is 0 Å². The van der Waals surface area contributed by atoms with E-state index in [9.17, 15) is 33.6 Å². The number of benzene rings is 7. The Labute approximate surface area is 667 Å². The largest absolute Gasteiger partial charge is 0.404 e. The van der Waals surface area contributed by atoms with Crippen molar-refractivity contribution in [2.45, 2.75) is 69.2 Å². The van der Waals surface area contributed by atoms with Gasteiger partial charge in [0, 0.05) is 130 Å². The number of ether oxygens (including phenoxy) is 1. The molecule has 21 nitrogen and oxygen atoms in total. The molecule has 0 spiro atoms. The van der Waals surface area contributed by atoms with Gasteiger partial charge in [0.05, 0.1) is 61.4 Å². The topological polar surface area (TPSA) is 291 Å². The van der Waals surface area contributed by atoms with Gasteiger partial charge >= 0.3 is 5.97 Å². The van der Waals surface area contributed by atoms with Gasteiger partial charge in [-0.1, -0.05) is 137 Å². The summed E-state index contributed by atoms with van der Waals surface area (Å²) < 4.78 is 5.03. The zero-order chi connectivity index (χ0) is 83.4. The highest BCUT2D eigenvalue weighted by molar-refractivity contribution is 6.11. The van der Waals surface area contributed by atoms with E-state index < -0.39 is 5.97 Å². The molecule has 7 aromatic heterocycles. The second-order valence-corrected chi connectivity index (χ2v) is 26.6. The van der Waals surface area contributed by atoms with Crippen molar-refractivity contribution >= 4 is 152 Å². The Morgan fingerprint density at radius 3 is 1.25 bits per heavy atom. The number of para-hydroxylation sites is 4. The molecule has 0 bridgehead atoms. The summed E-state index contributed by atoms with van der Waals surface area (Å²) in [4.78, 5) is 111. The molecule has 0 atom stereocenters. The zero-order valence-electron chi connectivity index (χ0n) is 65.9. The van der Waals surface area contributed by atoms with Crippen molar-refractivity contribution in [3.8, 4) is 5.88 Å². The van der Waals surface area contributed by atoms with Crippen LogP contribution in [0.5, 0.6) is 5.88 Å². The fourth-order valence-electron chi connectivity index (χ4n) is 10.3. The van der Waals surface area contributed by atoms with Gasteiger partial charge < -0.3 is 36.6 Å². The number of nitrogens with one attached hydrogen (secondary N) is 6. The maximum absolute atomic E-state index is 11.6. The number of aryl methyl sites for hydroxylation is 3. The summed E-state index contributed by atoms with van der Waals surface area (Å²) in [5, 5.41) is 23.7. The standard InChI is InChI=1S/3C14H14N2O.3C13H12N2O.C13H11NO2/c1-9(2)14(17)16-12-6-7-13-11(8-12)5-4-10(3)15-13;1-9(2)14(17)16-12-6-4-5-11-8-7-10(3)15-13(11)12;1-9(2)14(17)16-13-8-10(3)15-12-7-5-4-6-11(12)13;1-9(2)13(16)15-12-7-3-6-11-10(12)5-4-8-14-11;1-9(2)13(16)15-11-7-3-5-10-6-4-8-14-12(10)11;1-9(2)13(16)15-11-5-6-12-10(8-11)4-3-7-14-12;1-9(2)13(15)16-12-8-7-10-5-3-4-6-11(10)14-12/h2*4-8H,1H2,2-3H3,(H,16,17);4-8H,1H2,2-3H3,(H,15,16,17);3*3-8H,1H2,2H3,(H,15,16);3-8H,1H2,2H3. The normalized spacial score (nSPS) is 10.1. The van der Waals surface area contributed by atoms with Crippen LogP contribution in [-0.4, -0.2) is 76.3 Å². The lowest BCUT2D eigenvalue weighted by molar-refractivity contribution is -0.130. The summed E-state index contributed by atoms with van der Waals surface area (Å²) in [5.41, 5.74) is 16.5. The first-order chi connectivity index (χ1) is 54.9. The average Bonchev–Trinajstić information content (AvgIpc) is 0.812. The molecule has 7 aromatic carbocycles. The lowest BCUT2D eigenvalue weighted by Crippen LogP contribution is -2.12. The van der Waals surface area contributed by atoms with Gasteiger partial charge in [0.2, 0.25) is 5.88 Å². The van der Waals surface area contributed by atoms with Crippen LogP contribution in [-0.2, 0) is 33.6 Å². The molecule has 6 amide bonds. The number of esters is 1. The zero-order valence-corrected chi connectivity index (χ0v) is 65.9. The molecule has 14 rings (SSSR count). The maximum Gasteiger partial charge on any atom is 0.339 e. The minimum Gasteiger partial charge on any atom is -0.404 e. The Morgan fingerprint density at radius 1 is 0.278 bits per heavy atom. The van der Waals surface area contributed by atoms with Crippen molar-refractivity contribution in [2.24, 2.45) is 0 Å². The SMILES string of the molecule is C=C(C)C(=O)Nc1cc(C)nc2ccccc12.C=C(C)C(=O)Nc1ccc2nc(C)ccc2c1.C=C(C)C(=O)Nc1ccc2ncccc2c1.C=C(C)C(=O)Nc1cccc2ccc(C)nc12.C=C(C)C(=O)Nc1cccc2cccnc12.C=C(C)C(=O)Nc1cccc2ncccc12.C=C(C)C(=O)Oc1ccc2ccccc2n1. The molecule has 0 saturated carbocycles. The van der Waals surface area contributed by atoms with Crippen LogP contribution < -0.4 is 36.6 Å². The van der Waals surface area contributed by atoms with E-state index in [1.54, 1.807) is 73.1 Å². The summed E-state index contributed by atoms with van der Waals surface area (Å²) in [6, 6.07) is 68.3. The Balaban J connectivity index is 0.000000168. The predicted molar refractivity (Wildman–Crippen MR) is 468 cm³/mol. The molecule has 0 aliphatic rings. The van der Waals surface area contributed by atoms with Crippen molar-refractivity contribution in [3.05, 3.63) is 339 Å². The molecule has 115 heavy (non-hydrogen) atoms. The lowest BCUT2D eigenvalue weighted by atomic mass is 10.1. The number of carbonyl (C=O) groups is 7. The molecule has 0 fully saturated rings. The number of hydrogen-bond acceptors (Lipinski definition) is 15. The third-order valence-electron chi connectivity index (χ3n) is 16.4. The molecular weight excluding hydrogens is 1440 g/mol. The van der Waals surface area contributed by atoms with E-state index in [2.05, 4.69) is 113 Å². The van der Waals surface area contributed by atoms with Gasteiger partial charge in [0.15, 0.2) is 0 Å². The van der Waals surface area contributed by atoms with E-state index in [-0.39, 0.29) is 35.4 Å². The van der Waals surface area contributed by atoms with E-state index in [0.29, 0.717) is 50.6 Å². The number of amides is 6. The number of aromatic nitrogens is 7. The lowest BCUT2D eigenvalue weighted by Gasteiger charge is -2.09. The van der Waals surface area contributed by atoms with Crippen LogP contribution >= 0.6 is 0 Å². The van der Waals surface area contributed by atoms with Crippen molar-refractivity contribution < 1.29 is 38.3 Å².